The largest absolute Gasteiger partial charge is 0.497 e. The van der Waals surface area contributed by atoms with Crippen molar-refractivity contribution in [2.75, 3.05) is 12.9 Å². The monoisotopic (exact) mass is 398 g/mol. The van der Waals surface area contributed by atoms with Crippen molar-refractivity contribution in [1.29, 1.82) is 0 Å². The molecule has 1 aliphatic carbocycles. The molecule has 0 atom stereocenters. The zero-order valence-electron chi connectivity index (χ0n) is 16.0. The highest BCUT2D eigenvalue weighted by Crippen LogP contribution is 2.48. The Morgan fingerprint density at radius 2 is 1.75 bits per heavy atom. The predicted molar refractivity (Wildman–Crippen MR) is 111 cm³/mol. The lowest BCUT2D eigenvalue weighted by atomic mass is 10.00. The van der Waals surface area contributed by atoms with Gasteiger partial charge in [-0.25, -0.2) is 8.42 Å². The Morgan fingerprint density at radius 3 is 2.32 bits per heavy atom. The van der Waals surface area contributed by atoms with E-state index in [1.54, 1.807) is 56.3 Å². The molecule has 0 heterocycles. The van der Waals surface area contributed by atoms with Crippen molar-refractivity contribution in [3.63, 3.8) is 0 Å². The molecule has 3 rings (SSSR count). The average molecular weight is 398 g/mol. The van der Waals surface area contributed by atoms with Crippen molar-refractivity contribution in [3.05, 3.63) is 70.8 Å². The number of hydrogen-bond acceptors (Lipinski definition) is 4. The Balaban J connectivity index is 2.43. The highest BCUT2D eigenvalue weighted by Gasteiger charge is 2.32. The maximum Gasteiger partial charge on any atom is 0.307 e. The summed E-state index contributed by atoms with van der Waals surface area (Å²) in [5.74, 6) is -0.424. The molecular formula is C22H22O5S. The van der Waals surface area contributed by atoms with Crippen LogP contribution in [0.25, 0.3) is 16.1 Å². The summed E-state index contributed by atoms with van der Waals surface area (Å²) >= 11 is 0. The molecule has 28 heavy (non-hydrogen) atoms. The molecule has 0 saturated heterocycles. The summed E-state index contributed by atoms with van der Waals surface area (Å²) < 4.78 is 31.4. The fourth-order valence-electron chi connectivity index (χ4n) is 3.56. The topological polar surface area (TPSA) is 80.7 Å². The fraction of sp³-hybridized carbons (Fsp3) is 0.227. The SMILES string of the molecule is CCS(=O)(=O)C(=C1C(C)=C(CC(=O)O)c2cc(OC)ccc21)c1ccccc1. The molecule has 0 radical (unpaired) electrons. The molecule has 2 aromatic rings. The highest BCUT2D eigenvalue weighted by atomic mass is 32.2. The second-order valence-corrected chi connectivity index (χ2v) is 8.77. The summed E-state index contributed by atoms with van der Waals surface area (Å²) in [6, 6.07) is 14.3. The smallest absolute Gasteiger partial charge is 0.307 e. The van der Waals surface area contributed by atoms with Crippen LogP contribution in [-0.2, 0) is 14.6 Å². The van der Waals surface area contributed by atoms with Crippen molar-refractivity contribution >= 4 is 31.9 Å². The molecule has 0 saturated carbocycles. The van der Waals surface area contributed by atoms with Crippen LogP contribution in [0.2, 0.25) is 0 Å². The number of aliphatic carboxylic acids is 1. The van der Waals surface area contributed by atoms with Crippen molar-refractivity contribution in [3.8, 4) is 5.75 Å². The van der Waals surface area contributed by atoms with E-state index >= 15 is 0 Å². The van der Waals surface area contributed by atoms with Crippen LogP contribution in [0.5, 0.6) is 5.75 Å². The van der Waals surface area contributed by atoms with Gasteiger partial charge in [0.05, 0.1) is 24.2 Å². The van der Waals surface area contributed by atoms with Gasteiger partial charge in [0.1, 0.15) is 5.75 Å². The number of benzene rings is 2. The molecule has 1 aliphatic rings. The molecule has 2 aromatic carbocycles. The summed E-state index contributed by atoms with van der Waals surface area (Å²) in [4.78, 5) is 11.7. The van der Waals surface area contributed by atoms with Gasteiger partial charge in [-0.05, 0) is 46.9 Å². The van der Waals surface area contributed by atoms with Crippen molar-refractivity contribution in [2.45, 2.75) is 20.3 Å². The van der Waals surface area contributed by atoms with Gasteiger partial charge in [-0.1, -0.05) is 43.3 Å². The maximum atomic E-state index is 13.1. The average Bonchev–Trinajstić information content (AvgIpc) is 2.94. The summed E-state index contributed by atoms with van der Waals surface area (Å²) in [5.41, 5.74) is 3.86. The summed E-state index contributed by atoms with van der Waals surface area (Å²) in [6.07, 6.45) is -0.191. The van der Waals surface area contributed by atoms with Crippen LogP contribution in [-0.4, -0.2) is 32.4 Å². The van der Waals surface area contributed by atoms with E-state index in [0.29, 0.717) is 39.2 Å². The second kappa shape index (κ2) is 7.64. The summed E-state index contributed by atoms with van der Waals surface area (Å²) in [6.45, 7) is 3.40. The Morgan fingerprint density at radius 1 is 1.07 bits per heavy atom. The van der Waals surface area contributed by atoms with Crippen LogP contribution >= 0.6 is 0 Å². The minimum Gasteiger partial charge on any atom is -0.497 e. The Kier molecular flexibility index (Phi) is 5.42. The fourth-order valence-corrected chi connectivity index (χ4v) is 4.92. The normalized spacial score (nSPS) is 15.4. The third kappa shape index (κ3) is 3.47. The molecule has 0 aromatic heterocycles. The van der Waals surface area contributed by atoms with Crippen LogP contribution in [0, 0.1) is 0 Å². The molecule has 0 amide bonds. The van der Waals surface area contributed by atoms with Crippen molar-refractivity contribution < 1.29 is 23.1 Å². The quantitative estimate of drug-likeness (QED) is 0.786. The number of sulfone groups is 1. The third-order valence-electron chi connectivity index (χ3n) is 4.93. The van der Waals surface area contributed by atoms with Gasteiger partial charge in [-0.15, -0.1) is 0 Å². The van der Waals surface area contributed by atoms with Crippen LogP contribution < -0.4 is 4.74 Å². The summed E-state index contributed by atoms with van der Waals surface area (Å²) in [7, 11) is -2.03. The van der Waals surface area contributed by atoms with Crippen molar-refractivity contribution in [2.24, 2.45) is 0 Å². The highest BCUT2D eigenvalue weighted by molar-refractivity contribution is 8.00. The molecular weight excluding hydrogens is 376 g/mol. The Labute approximate surface area is 164 Å². The van der Waals surface area contributed by atoms with E-state index in [1.165, 1.54) is 7.11 Å². The lowest BCUT2D eigenvalue weighted by molar-refractivity contribution is -0.135. The first-order chi connectivity index (χ1) is 13.3. The molecule has 0 spiro atoms. The van der Waals surface area contributed by atoms with Crippen LogP contribution in [0.15, 0.2) is 54.1 Å². The van der Waals surface area contributed by atoms with Gasteiger partial charge in [0.15, 0.2) is 9.84 Å². The van der Waals surface area contributed by atoms with E-state index in [9.17, 15) is 18.3 Å². The lowest BCUT2D eigenvalue weighted by Gasteiger charge is -2.15. The van der Waals surface area contributed by atoms with Gasteiger partial charge in [0.2, 0.25) is 0 Å². The minimum atomic E-state index is -3.57. The number of ether oxygens (including phenoxy) is 1. The first kappa shape index (κ1) is 19.9. The molecule has 146 valence electrons. The van der Waals surface area contributed by atoms with Gasteiger partial charge in [0, 0.05) is 5.57 Å². The van der Waals surface area contributed by atoms with E-state index in [2.05, 4.69) is 0 Å². The minimum absolute atomic E-state index is 0.0479. The van der Waals surface area contributed by atoms with Crippen LogP contribution in [0.3, 0.4) is 0 Å². The zero-order valence-corrected chi connectivity index (χ0v) is 16.8. The number of carboxylic acids is 1. The van der Waals surface area contributed by atoms with E-state index in [0.717, 1.165) is 0 Å². The van der Waals surface area contributed by atoms with Gasteiger partial charge < -0.3 is 9.84 Å². The van der Waals surface area contributed by atoms with E-state index < -0.39 is 15.8 Å². The Hall–Kier alpha value is -2.86. The van der Waals surface area contributed by atoms with E-state index in [1.807, 2.05) is 6.07 Å². The van der Waals surface area contributed by atoms with Crippen LogP contribution in [0.4, 0.5) is 0 Å². The number of carboxylic acid groups (broad SMARTS) is 1. The molecule has 0 fully saturated rings. The maximum absolute atomic E-state index is 13.1. The van der Waals surface area contributed by atoms with Gasteiger partial charge >= 0.3 is 5.97 Å². The van der Waals surface area contributed by atoms with Gasteiger partial charge in [0.25, 0.3) is 0 Å². The predicted octanol–water partition coefficient (Wildman–Crippen LogP) is 4.26. The van der Waals surface area contributed by atoms with E-state index in [4.69, 9.17) is 4.74 Å². The molecule has 6 heteroatoms. The zero-order chi connectivity index (χ0) is 20.5. The Bertz CT molecular complexity index is 1090. The molecule has 0 bridgehead atoms. The summed E-state index contributed by atoms with van der Waals surface area (Å²) in [5, 5.41) is 9.39. The number of allylic oxidation sites excluding steroid dienone is 2. The van der Waals surface area contributed by atoms with Crippen molar-refractivity contribution in [1.82, 2.24) is 0 Å². The van der Waals surface area contributed by atoms with Crippen LogP contribution in [0.1, 0.15) is 37.0 Å². The number of methoxy groups -OCH3 is 1. The number of fused-ring (bicyclic) bond motifs is 1. The third-order valence-corrected chi connectivity index (χ3v) is 6.75. The molecule has 1 N–H and O–H groups in total. The number of carbonyl (C=O) groups is 1. The van der Waals surface area contributed by atoms with E-state index in [-0.39, 0.29) is 17.1 Å². The standard InChI is InChI=1S/C22H22O5S/c1-4-28(25,26)22(15-8-6-5-7-9-15)21-14(2)18(13-20(23)24)19-12-16(27-3)10-11-17(19)21/h5-12H,4,13H2,1-3H3,(H,23,24). The number of hydrogen-bond donors (Lipinski definition) is 1. The lowest BCUT2D eigenvalue weighted by Crippen LogP contribution is -2.08. The molecule has 0 unspecified atom stereocenters. The number of rotatable bonds is 6. The molecule has 0 aliphatic heterocycles. The second-order valence-electron chi connectivity index (χ2n) is 6.56. The van der Waals surface area contributed by atoms with Gasteiger partial charge in [-0.2, -0.15) is 0 Å². The molecule has 5 nitrogen and oxygen atoms in total. The first-order valence-electron chi connectivity index (χ1n) is 8.93. The van der Waals surface area contributed by atoms with Gasteiger partial charge in [-0.3, -0.25) is 4.79 Å². The first-order valence-corrected chi connectivity index (χ1v) is 10.6.